The van der Waals surface area contributed by atoms with E-state index in [1.54, 1.807) is 0 Å². The van der Waals surface area contributed by atoms with Gasteiger partial charge >= 0.3 is 11.8 Å². The lowest BCUT2D eigenvalue weighted by Gasteiger charge is -2.21. The Labute approximate surface area is 206 Å². The van der Waals surface area contributed by atoms with E-state index in [2.05, 4.69) is 27.5 Å². The summed E-state index contributed by atoms with van der Waals surface area (Å²) in [7, 11) is -2.06. The normalized spacial score (nSPS) is 14.7. The predicted molar refractivity (Wildman–Crippen MR) is 136 cm³/mol. The molecule has 1 aliphatic carbocycles. The number of unbranched alkanes of at least 4 members (excludes halogenated alkanes) is 9. The molecule has 196 valence electrons. The molecular weight excluding hydrogens is 454 g/mol. The van der Waals surface area contributed by atoms with Gasteiger partial charge in [0, 0.05) is 20.0 Å². The first kappa shape index (κ1) is 30.1. The number of hydrogen-bond acceptors (Lipinski definition) is 5. The van der Waals surface area contributed by atoms with Crippen LogP contribution in [-0.2, 0) is 24.4 Å². The Bertz CT molecular complexity index is 731. The minimum absolute atomic E-state index is 0.289. The monoisotopic (exact) mass is 499 g/mol. The lowest BCUT2D eigenvalue weighted by atomic mass is 10.0. The van der Waals surface area contributed by atoms with Gasteiger partial charge in [-0.1, -0.05) is 63.5 Å². The SMILES string of the molecule is CNC(=O)C(=O)NCCCC/C=C\CCCCCCCCCC(=O)NS(=O)(=O)C1CCCCC1. The summed E-state index contributed by atoms with van der Waals surface area (Å²) < 4.78 is 26.8. The van der Waals surface area contributed by atoms with E-state index in [1.165, 1.54) is 26.3 Å². The van der Waals surface area contributed by atoms with Crippen LogP contribution in [-0.4, -0.2) is 45.0 Å². The lowest BCUT2D eigenvalue weighted by Crippen LogP contribution is -2.39. The van der Waals surface area contributed by atoms with Crippen LogP contribution in [0, 0.1) is 0 Å². The van der Waals surface area contributed by atoms with Crippen molar-refractivity contribution in [1.82, 2.24) is 15.4 Å². The van der Waals surface area contributed by atoms with Gasteiger partial charge in [0.25, 0.3) is 0 Å². The van der Waals surface area contributed by atoms with Gasteiger partial charge in [0.05, 0.1) is 5.25 Å². The standard InChI is InChI=1S/C25H45N3O5S/c1-26-24(30)25(31)27-21-17-12-10-8-6-4-2-3-5-7-9-11-16-20-23(29)28-34(32,33)22-18-14-13-15-19-22/h6,8,22H,2-5,7,9-21H2,1H3,(H,26,30)(H,27,31)(H,28,29)/b8-6-. The van der Waals surface area contributed by atoms with Crippen molar-refractivity contribution in [1.29, 1.82) is 0 Å². The zero-order valence-corrected chi connectivity index (χ0v) is 21.7. The second-order valence-corrected chi connectivity index (χ2v) is 11.1. The number of rotatable bonds is 17. The summed E-state index contributed by atoms with van der Waals surface area (Å²) in [6, 6.07) is 0. The Balaban J connectivity index is 1.89. The first-order valence-electron chi connectivity index (χ1n) is 13.1. The van der Waals surface area contributed by atoms with Gasteiger partial charge < -0.3 is 10.6 Å². The van der Waals surface area contributed by atoms with Crippen LogP contribution in [0.3, 0.4) is 0 Å². The highest BCUT2D eigenvalue weighted by molar-refractivity contribution is 7.90. The first-order valence-corrected chi connectivity index (χ1v) is 14.6. The van der Waals surface area contributed by atoms with Crippen LogP contribution in [0.2, 0.25) is 0 Å². The molecule has 1 fully saturated rings. The molecule has 9 heteroatoms. The zero-order valence-electron chi connectivity index (χ0n) is 20.9. The van der Waals surface area contributed by atoms with Gasteiger partial charge in [0.15, 0.2) is 0 Å². The van der Waals surface area contributed by atoms with E-state index < -0.39 is 27.1 Å². The maximum atomic E-state index is 12.2. The van der Waals surface area contributed by atoms with E-state index in [0.29, 0.717) is 19.4 Å². The summed E-state index contributed by atoms with van der Waals surface area (Å²) >= 11 is 0. The van der Waals surface area contributed by atoms with Crippen LogP contribution in [0.1, 0.15) is 109 Å². The number of likely N-dealkylation sites (N-methyl/N-ethyl adjacent to an activating group) is 1. The first-order chi connectivity index (χ1) is 16.4. The minimum Gasteiger partial charge on any atom is -0.351 e. The second-order valence-electron chi connectivity index (χ2n) is 9.15. The Morgan fingerprint density at radius 1 is 0.765 bits per heavy atom. The molecule has 0 spiro atoms. The molecule has 8 nitrogen and oxygen atoms in total. The quantitative estimate of drug-likeness (QED) is 0.159. The molecule has 0 radical (unpaired) electrons. The van der Waals surface area contributed by atoms with Gasteiger partial charge in [-0.3, -0.25) is 19.1 Å². The van der Waals surface area contributed by atoms with E-state index in [0.717, 1.165) is 70.6 Å². The minimum atomic E-state index is -3.49. The molecule has 34 heavy (non-hydrogen) atoms. The third-order valence-corrected chi connectivity index (χ3v) is 8.07. The highest BCUT2D eigenvalue weighted by Crippen LogP contribution is 2.23. The topological polar surface area (TPSA) is 121 Å². The smallest absolute Gasteiger partial charge is 0.309 e. The van der Waals surface area contributed by atoms with E-state index in [-0.39, 0.29) is 12.3 Å². The van der Waals surface area contributed by atoms with Crippen molar-refractivity contribution in [3.8, 4) is 0 Å². The average molecular weight is 500 g/mol. The number of hydrogen-bond donors (Lipinski definition) is 3. The number of nitrogens with one attached hydrogen (secondary N) is 3. The van der Waals surface area contributed by atoms with Gasteiger partial charge in [-0.25, -0.2) is 8.42 Å². The fourth-order valence-corrected chi connectivity index (χ4v) is 5.66. The molecule has 1 rings (SSSR count). The highest BCUT2D eigenvalue weighted by Gasteiger charge is 2.28. The fraction of sp³-hybridized carbons (Fsp3) is 0.800. The van der Waals surface area contributed by atoms with Gasteiger partial charge in [-0.2, -0.15) is 0 Å². The second kappa shape index (κ2) is 18.4. The molecule has 0 aromatic heterocycles. The molecule has 1 saturated carbocycles. The van der Waals surface area contributed by atoms with Crippen LogP contribution in [0.15, 0.2) is 12.2 Å². The zero-order chi connectivity index (χ0) is 25.1. The molecule has 1 aliphatic rings. The van der Waals surface area contributed by atoms with Gasteiger partial charge in [0.2, 0.25) is 15.9 Å². The molecule has 3 N–H and O–H groups in total. The molecule has 0 aromatic carbocycles. The van der Waals surface area contributed by atoms with E-state index in [1.807, 2.05) is 0 Å². The third-order valence-electron chi connectivity index (χ3n) is 6.20. The molecule has 0 aromatic rings. The summed E-state index contributed by atoms with van der Waals surface area (Å²) in [5.74, 6) is -1.54. The van der Waals surface area contributed by atoms with Gasteiger partial charge in [-0.05, 0) is 51.4 Å². The molecular formula is C25H45N3O5S. The van der Waals surface area contributed by atoms with Crippen molar-refractivity contribution in [3.63, 3.8) is 0 Å². The number of carbonyl (C=O) groups is 3. The number of carbonyl (C=O) groups excluding carboxylic acids is 3. The van der Waals surface area contributed by atoms with Crippen LogP contribution in [0.25, 0.3) is 0 Å². The molecule has 0 bridgehead atoms. The summed E-state index contributed by atoms with van der Waals surface area (Å²) in [6.07, 6.45) is 20.3. The van der Waals surface area contributed by atoms with Crippen molar-refractivity contribution in [2.45, 2.75) is 114 Å². The lowest BCUT2D eigenvalue weighted by molar-refractivity contribution is -0.138. The summed E-state index contributed by atoms with van der Waals surface area (Å²) in [4.78, 5) is 34.3. The Hall–Kier alpha value is -1.90. The predicted octanol–water partition coefficient (Wildman–Crippen LogP) is 3.86. The highest BCUT2D eigenvalue weighted by atomic mass is 32.2. The Morgan fingerprint density at radius 2 is 1.32 bits per heavy atom. The maximum absolute atomic E-state index is 12.2. The van der Waals surface area contributed by atoms with Crippen molar-refractivity contribution < 1.29 is 22.8 Å². The number of allylic oxidation sites excluding steroid dienone is 2. The van der Waals surface area contributed by atoms with Crippen LogP contribution >= 0.6 is 0 Å². The Morgan fingerprint density at radius 3 is 1.94 bits per heavy atom. The van der Waals surface area contributed by atoms with E-state index >= 15 is 0 Å². The summed E-state index contributed by atoms with van der Waals surface area (Å²) in [5, 5.41) is 4.48. The molecule has 0 unspecified atom stereocenters. The van der Waals surface area contributed by atoms with Crippen LogP contribution in [0.5, 0.6) is 0 Å². The van der Waals surface area contributed by atoms with Crippen molar-refractivity contribution in [2.75, 3.05) is 13.6 Å². The fourth-order valence-electron chi connectivity index (χ4n) is 4.12. The maximum Gasteiger partial charge on any atom is 0.309 e. The summed E-state index contributed by atoms with van der Waals surface area (Å²) in [6.45, 7) is 0.518. The number of amides is 3. The molecule has 0 atom stereocenters. The molecule has 3 amide bonds. The Kier molecular flexibility index (Phi) is 16.3. The summed E-state index contributed by atoms with van der Waals surface area (Å²) in [5.41, 5.74) is 0. The molecule has 0 aliphatic heterocycles. The van der Waals surface area contributed by atoms with Crippen molar-refractivity contribution >= 4 is 27.7 Å². The van der Waals surface area contributed by atoms with Crippen LogP contribution < -0.4 is 15.4 Å². The van der Waals surface area contributed by atoms with Crippen molar-refractivity contribution in [3.05, 3.63) is 12.2 Å². The van der Waals surface area contributed by atoms with Gasteiger partial charge in [0.1, 0.15) is 0 Å². The van der Waals surface area contributed by atoms with Gasteiger partial charge in [-0.15, -0.1) is 0 Å². The third kappa shape index (κ3) is 14.4. The van der Waals surface area contributed by atoms with Crippen molar-refractivity contribution in [2.24, 2.45) is 0 Å². The molecule has 0 heterocycles. The van der Waals surface area contributed by atoms with E-state index in [4.69, 9.17) is 0 Å². The largest absolute Gasteiger partial charge is 0.351 e. The number of sulfonamides is 1. The van der Waals surface area contributed by atoms with E-state index in [9.17, 15) is 22.8 Å². The van der Waals surface area contributed by atoms with Crippen LogP contribution in [0.4, 0.5) is 0 Å². The average Bonchev–Trinajstić information content (AvgIpc) is 2.83. The molecule has 0 saturated heterocycles.